The highest BCUT2D eigenvalue weighted by Gasteiger charge is 2.41. The Morgan fingerprint density at radius 1 is 1.36 bits per heavy atom. The molecule has 0 aromatic carbocycles. The van der Waals surface area contributed by atoms with E-state index >= 15 is 0 Å². The van der Waals surface area contributed by atoms with Crippen LogP contribution in [0.1, 0.15) is 45.2 Å². The second-order valence-electron chi connectivity index (χ2n) is 7.89. The summed E-state index contributed by atoms with van der Waals surface area (Å²) < 4.78 is 39.8. The fourth-order valence-corrected chi connectivity index (χ4v) is 5.24. The first-order chi connectivity index (χ1) is 13.2. The molecule has 1 atom stereocenters. The van der Waals surface area contributed by atoms with E-state index in [4.69, 9.17) is 5.73 Å². The molecule has 156 valence electrons. The Morgan fingerprint density at radius 3 is 2.68 bits per heavy atom. The summed E-state index contributed by atoms with van der Waals surface area (Å²) in [4.78, 5) is 3.77. The van der Waals surface area contributed by atoms with Gasteiger partial charge in [0.1, 0.15) is 5.52 Å². The van der Waals surface area contributed by atoms with Crippen molar-refractivity contribution in [2.45, 2.75) is 57.3 Å². The van der Waals surface area contributed by atoms with Crippen LogP contribution in [-0.2, 0) is 16.4 Å². The van der Waals surface area contributed by atoms with Gasteiger partial charge in [-0.25, -0.2) is 22.3 Å². The number of anilines is 1. The van der Waals surface area contributed by atoms with Crippen LogP contribution in [-0.4, -0.2) is 56.9 Å². The molecule has 0 amide bonds. The summed E-state index contributed by atoms with van der Waals surface area (Å²) in [6, 6.07) is 1.49. The molecule has 3 heterocycles. The van der Waals surface area contributed by atoms with Crippen molar-refractivity contribution >= 4 is 21.5 Å². The van der Waals surface area contributed by atoms with Crippen molar-refractivity contribution in [1.29, 1.82) is 0 Å². The molecular weight excluding hydrogens is 385 g/mol. The number of nitrogens with two attached hydrogens (primary N) is 1. The number of aliphatic hydroxyl groups is 1. The van der Waals surface area contributed by atoms with E-state index < -0.39 is 16.1 Å². The molecule has 3 N–H and O–H groups in total. The van der Waals surface area contributed by atoms with Crippen molar-refractivity contribution in [3.05, 3.63) is 23.8 Å². The lowest BCUT2D eigenvalue weighted by Gasteiger charge is -2.29. The zero-order chi connectivity index (χ0) is 20.5. The summed E-state index contributed by atoms with van der Waals surface area (Å²) in [6.07, 6.45) is 4.83. The van der Waals surface area contributed by atoms with Crippen molar-refractivity contribution < 1.29 is 17.9 Å². The summed E-state index contributed by atoms with van der Waals surface area (Å²) in [7, 11) is -3.05. The highest BCUT2D eigenvalue weighted by molar-refractivity contribution is 7.90. The van der Waals surface area contributed by atoms with E-state index in [0.29, 0.717) is 24.5 Å². The molecule has 1 unspecified atom stereocenters. The van der Waals surface area contributed by atoms with Gasteiger partial charge in [-0.15, -0.1) is 5.10 Å². The van der Waals surface area contributed by atoms with Gasteiger partial charge in [0.25, 0.3) is 0 Å². The van der Waals surface area contributed by atoms with Gasteiger partial charge in [0.05, 0.1) is 17.6 Å². The lowest BCUT2D eigenvalue weighted by molar-refractivity contribution is 0.108. The summed E-state index contributed by atoms with van der Waals surface area (Å²) >= 11 is 0. The first-order valence-electron chi connectivity index (χ1n) is 9.64. The fraction of sp³-hybridized carbons (Fsp3) is 0.667. The number of fused-ring (bicyclic) bond motifs is 1. The van der Waals surface area contributed by atoms with Crippen molar-refractivity contribution in [1.82, 2.24) is 18.9 Å². The van der Waals surface area contributed by atoms with E-state index in [1.54, 1.807) is 0 Å². The van der Waals surface area contributed by atoms with Crippen LogP contribution in [0.2, 0.25) is 0 Å². The molecule has 28 heavy (non-hydrogen) atoms. The number of sulfonamides is 1. The number of aromatic nitrogens is 3. The lowest BCUT2D eigenvalue weighted by atomic mass is 10.1. The molecule has 1 aliphatic heterocycles. The number of aliphatic hydroxyl groups excluding tert-OH is 1. The highest BCUT2D eigenvalue weighted by Crippen LogP contribution is 2.32. The quantitative estimate of drug-likeness (QED) is 0.787. The predicted molar refractivity (Wildman–Crippen MR) is 105 cm³/mol. The number of halogens is 1. The average molecular weight is 414 g/mol. The van der Waals surface area contributed by atoms with Crippen LogP contribution in [0, 0.1) is 11.7 Å². The smallest absolute Gasteiger partial charge is 0.238 e. The van der Waals surface area contributed by atoms with Crippen LogP contribution >= 0.6 is 0 Å². The van der Waals surface area contributed by atoms with Crippen LogP contribution in [0.15, 0.2) is 12.3 Å². The molecule has 2 aromatic heterocycles. The van der Waals surface area contributed by atoms with Gasteiger partial charge < -0.3 is 10.8 Å². The van der Waals surface area contributed by atoms with E-state index in [2.05, 4.69) is 23.9 Å². The number of piperidine rings is 1. The molecule has 2 fully saturated rings. The van der Waals surface area contributed by atoms with Gasteiger partial charge in [-0.3, -0.25) is 0 Å². The molecule has 0 spiro atoms. The molecule has 2 aromatic rings. The van der Waals surface area contributed by atoms with E-state index in [-0.39, 0.29) is 17.0 Å². The Kier molecular flexibility index (Phi) is 6.21. The number of hydrogen-bond acceptors (Lipinski definition) is 6. The maximum atomic E-state index is 13.4. The summed E-state index contributed by atoms with van der Waals surface area (Å²) in [5.41, 5.74) is 6.67. The predicted octanol–water partition coefficient (Wildman–Crippen LogP) is 1.58. The number of rotatable bonds is 4. The lowest BCUT2D eigenvalue weighted by Crippen LogP contribution is -2.43. The Morgan fingerprint density at radius 2 is 2.07 bits per heavy atom. The molecule has 2 aliphatic rings. The van der Waals surface area contributed by atoms with E-state index in [0.717, 1.165) is 37.8 Å². The zero-order valence-corrected chi connectivity index (χ0v) is 17.1. The van der Waals surface area contributed by atoms with Crippen LogP contribution in [0.3, 0.4) is 0 Å². The maximum absolute atomic E-state index is 13.4. The van der Waals surface area contributed by atoms with E-state index in [9.17, 15) is 17.9 Å². The van der Waals surface area contributed by atoms with Gasteiger partial charge in [0.15, 0.2) is 5.82 Å². The van der Waals surface area contributed by atoms with Gasteiger partial charge >= 0.3 is 0 Å². The van der Waals surface area contributed by atoms with Gasteiger partial charge in [-0.1, -0.05) is 13.8 Å². The summed E-state index contributed by atoms with van der Waals surface area (Å²) in [5.74, 6) is 0.299. The molecule has 0 radical (unpaired) electrons. The number of nitrogen functional groups attached to an aromatic ring is 1. The van der Waals surface area contributed by atoms with E-state index in [1.165, 1.54) is 21.1 Å². The summed E-state index contributed by atoms with van der Waals surface area (Å²) in [5, 5.41) is 13.2. The third-order valence-electron chi connectivity index (χ3n) is 4.84. The minimum Gasteiger partial charge on any atom is -0.392 e. The normalized spacial score (nSPS) is 21.0. The van der Waals surface area contributed by atoms with Crippen LogP contribution < -0.4 is 5.73 Å². The van der Waals surface area contributed by atoms with Crippen molar-refractivity contribution in [3.8, 4) is 0 Å². The number of β-amino-alcohol motifs (C(OH)–C–C–N with tert-alkyl or cyclic N) is 1. The fourth-order valence-electron chi connectivity index (χ4n) is 3.32. The molecule has 8 nitrogen and oxygen atoms in total. The Labute approximate surface area is 164 Å². The molecule has 1 saturated carbocycles. The standard InChI is InChI=1S/C10H13FN4.C8H15NO3S/c1-6(2)3-7-4-8(11)9-5-13-10(12)14-15(7)9;10-7-2-1-5-9(6-7)13(11,12)8-3-4-8/h4-6H,3H2,1-2H3,(H2,12,14);7-8,10H,1-6H2. The van der Waals surface area contributed by atoms with Crippen molar-refractivity contribution in [2.24, 2.45) is 5.92 Å². The molecule has 0 bridgehead atoms. The van der Waals surface area contributed by atoms with Crippen LogP contribution in [0.25, 0.3) is 5.52 Å². The molecule has 1 saturated heterocycles. The average Bonchev–Trinajstić information content (AvgIpc) is 3.43. The Bertz CT molecular complexity index is 927. The molecule has 10 heteroatoms. The Balaban J connectivity index is 0.000000162. The monoisotopic (exact) mass is 413 g/mol. The number of hydrogen-bond donors (Lipinski definition) is 2. The van der Waals surface area contributed by atoms with Crippen LogP contribution in [0.5, 0.6) is 0 Å². The molecular formula is C18H28FN5O3S. The molecule has 1 aliphatic carbocycles. The van der Waals surface area contributed by atoms with Crippen molar-refractivity contribution in [3.63, 3.8) is 0 Å². The van der Waals surface area contributed by atoms with Gasteiger partial charge in [0, 0.05) is 18.8 Å². The molecule has 4 rings (SSSR count). The third-order valence-corrected chi connectivity index (χ3v) is 7.21. The zero-order valence-electron chi connectivity index (χ0n) is 16.3. The minimum absolute atomic E-state index is 0.141. The van der Waals surface area contributed by atoms with Gasteiger partial charge in [-0.05, 0) is 44.1 Å². The van der Waals surface area contributed by atoms with Gasteiger partial charge in [-0.2, -0.15) is 4.31 Å². The second-order valence-corrected chi connectivity index (χ2v) is 10.1. The summed E-state index contributed by atoms with van der Waals surface area (Å²) in [6.45, 7) is 5.04. The second kappa shape index (κ2) is 8.30. The first-order valence-corrected chi connectivity index (χ1v) is 11.1. The van der Waals surface area contributed by atoms with Gasteiger partial charge in [0.2, 0.25) is 16.0 Å². The third kappa shape index (κ3) is 4.79. The van der Waals surface area contributed by atoms with E-state index in [1.807, 2.05) is 0 Å². The topological polar surface area (TPSA) is 114 Å². The Hall–Kier alpha value is -1.78. The number of nitrogens with zero attached hydrogens (tertiary/aromatic N) is 4. The highest BCUT2D eigenvalue weighted by atomic mass is 32.2. The maximum Gasteiger partial charge on any atom is 0.238 e. The first kappa shape index (κ1) is 20.9. The SMILES string of the molecule is CC(C)Cc1cc(F)c2cnc(N)nn12.O=S(=O)(C1CC1)N1CCCC(O)C1. The van der Waals surface area contributed by atoms with Crippen LogP contribution in [0.4, 0.5) is 10.3 Å². The van der Waals surface area contributed by atoms with Crippen molar-refractivity contribution in [2.75, 3.05) is 18.8 Å². The minimum atomic E-state index is -3.05. The largest absolute Gasteiger partial charge is 0.392 e.